The Morgan fingerprint density at radius 1 is 1.30 bits per heavy atom. The maximum Gasteiger partial charge on any atom is 0.408 e. The molecule has 0 aliphatic heterocycles. The zero-order valence-electron chi connectivity index (χ0n) is 13.1. The molecule has 1 fully saturated rings. The average molecular weight is 283 g/mol. The number of amides is 1. The van der Waals surface area contributed by atoms with E-state index in [0.29, 0.717) is 6.42 Å². The van der Waals surface area contributed by atoms with E-state index in [1.807, 2.05) is 20.8 Å². The van der Waals surface area contributed by atoms with Crippen LogP contribution in [0.3, 0.4) is 0 Å². The molecule has 0 aromatic heterocycles. The van der Waals surface area contributed by atoms with Crippen LogP contribution in [0.15, 0.2) is 0 Å². The molecule has 0 saturated heterocycles. The second kappa shape index (κ2) is 8.28. The summed E-state index contributed by atoms with van der Waals surface area (Å²) in [4.78, 5) is 22.6. The Morgan fingerprint density at radius 2 is 1.95 bits per heavy atom. The second-order valence-electron chi connectivity index (χ2n) is 6.82. The molecule has 4 nitrogen and oxygen atoms in total. The van der Waals surface area contributed by atoms with Crippen LogP contribution in [0.1, 0.15) is 72.1 Å². The Hall–Kier alpha value is -1.06. The molecule has 1 aliphatic carbocycles. The highest BCUT2D eigenvalue weighted by molar-refractivity contribution is 5.73. The van der Waals surface area contributed by atoms with Crippen LogP contribution in [0.5, 0.6) is 0 Å². The number of hydrogen-bond donors (Lipinski definition) is 1. The molecule has 0 unspecified atom stereocenters. The van der Waals surface area contributed by atoms with Gasteiger partial charge >= 0.3 is 6.09 Å². The summed E-state index contributed by atoms with van der Waals surface area (Å²) in [7, 11) is 0. The third-order valence-electron chi connectivity index (χ3n) is 3.72. The first-order chi connectivity index (χ1) is 9.40. The fraction of sp³-hybridized carbons (Fsp3) is 0.875. The molecule has 0 bridgehead atoms. The molecule has 0 heterocycles. The molecule has 1 N–H and O–H groups in total. The average Bonchev–Trinajstić information content (AvgIpc) is 2.36. The van der Waals surface area contributed by atoms with E-state index in [-0.39, 0.29) is 0 Å². The van der Waals surface area contributed by atoms with Gasteiger partial charge in [-0.1, -0.05) is 44.9 Å². The lowest BCUT2D eigenvalue weighted by Gasteiger charge is -2.23. The van der Waals surface area contributed by atoms with Gasteiger partial charge in [0.25, 0.3) is 0 Å². The van der Waals surface area contributed by atoms with Crippen LogP contribution in [-0.4, -0.2) is 24.0 Å². The Kier molecular flexibility index (Phi) is 7.03. The maximum atomic E-state index is 11.6. The van der Waals surface area contributed by atoms with E-state index >= 15 is 0 Å². The fourth-order valence-electron chi connectivity index (χ4n) is 2.74. The quantitative estimate of drug-likeness (QED) is 0.754. The van der Waals surface area contributed by atoms with Gasteiger partial charge in [0.05, 0.1) is 6.04 Å². The third-order valence-corrected chi connectivity index (χ3v) is 3.72. The minimum absolute atomic E-state index is 0.423. The fourth-order valence-corrected chi connectivity index (χ4v) is 2.74. The summed E-state index contributed by atoms with van der Waals surface area (Å²) in [5.74, 6) is 0.817. The molecule has 1 aliphatic rings. The van der Waals surface area contributed by atoms with Crippen molar-refractivity contribution in [2.75, 3.05) is 0 Å². The summed E-state index contributed by atoms with van der Waals surface area (Å²) in [6, 6.07) is -0.423. The molecule has 0 aromatic rings. The number of hydrogen-bond acceptors (Lipinski definition) is 3. The van der Waals surface area contributed by atoms with Crippen molar-refractivity contribution in [1.29, 1.82) is 0 Å². The number of carbonyl (C=O) groups is 2. The van der Waals surface area contributed by atoms with Crippen LogP contribution in [0.25, 0.3) is 0 Å². The molecular weight excluding hydrogens is 254 g/mol. The van der Waals surface area contributed by atoms with Gasteiger partial charge in [-0.25, -0.2) is 4.79 Å². The molecule has 1 rings (SSSR count). The first-order valence-electron chi connectivity index (χ1n) is 7.85. The van der Waals surface area contributed by atoms with Crippen molar-refractivity contribution >= 4 is 12.4 Å². The zero-order valence-corrected chi connectivity index (χ0v) is 13.1. The first kappa shape index (κ1) is 17.0. The predicted octanol–water partition coefficient (Wildman–Crippen LogP) is 3.83. The van der Waals surface area contributed by atoms with Crippen molar-refractivity contribution in [3.63, 3.8) is 0 Å². The lowest BCUT2D eigenvalue weighted by molar-refractivity contribution is -0.109. The standard InChI is InChI=1S/C16H29NO3/c1-16(2,3)20-15(19)17-14(12-18)11-7-10-13-8-5-4-6-9-13/h12-14H,4-11H2,1-3H3,(H,17,19)/t14-/m0/s1. The van der Waals surface area contributed by atoms with E-state index in [1.165, 1.54) is 38.5 Å². The van der Waals surface area contributed by atoms with Crippen LogP contribution in [0, 0.1) is 5.92 Å². The highest BCUT2D eigenvalue weighted by Crippen LogP contribution is 2.27. The number of ether oxygens (including phenoxy) is 1. The number of aldehydes is 1. The van der Waals surface area contributed by atoms with Gasteiger partial charge < -0.3 is 14.8 Å². The minimum Gasteiger partial charge on any atom is -0.444 e. The highest BCUT2D eigenvalue weighted by atomic mass is 16.6. The van der Waals surface area contributed by atoms with E-state index in [0.717, 1.165) is 18.6 Å². The number of rotatable bonds is 6. The van der Waals surface area contributed by atoms with Gasteiger partial charge in [0.15, 0.2) is 0 Å². The molecule has 20 heavy (non-hydrogen) atoms. The van der Waals surface area contributed by atoms with Gasteiger partial charge in [-0.2, -0.15) is 0 Å². The van der Waals surface area contributed by atoms with E-state index in [9.17, 15) is 9.59 Å². The Balaban J connectivity index is 2.21. The summed E-state index contributed by atoms with van der Waals surface area (Å²) in [5, 5.41) is 2.63. The molecule has 1 saturated carbocycles. The summed E-state index contributed by atoms with van der Waals surface area (Å²) >= 11 is 0. The van der Waals surface area contributed by atoms with E-state index in [1.54, 1.807) is 0 Å². The molecule has 1 amide bonds. The topological polar surface area (TPSA) is 55.4 Å². The normalized spacial score (nSPS) is 18.4. The summed E-state index contributed by atoms with van der Waals surface area (Å²) in [6.07, 6.45) is 9.88. The molecule has 1 atom stereocenters. The molecule has 0 aromatic carbocycles. The van der Waals surface area contributed by atoms with Crippen LogP contribution in [0.2, 0.25) is 0 Å². The van der Waals surface area contributed by atoms with Gasteiger partial charge in [0.2, 0.25) is 0 Å². The number of carbonyl (C=O) groups excluding carboxylic acids is 2. The lowest BCUT2D eigenvalue weighted by Crippen LogP contribution is -2.40. The van der Waals surface area contributed by atoms with Gasteiger partial charge in [-0.3, -0.25) is 0 Å². The van der Waals surface area contributed by atoms with E-state index in [2.05, 4.69) is 5.32 Å². The molecule has 0 spiro atoms. The first-order valence-corrected chi connectivity index (χ1v) is 7.85. The van der Waals surface area contributed by atoms with Crippen molar-refractivity contribution < 1.29 is 14.3 Å². The molecule has 0 radical (unpaired) electrons. The Morgan fingerprint density at radius 3 is 2.50 bits per heavy atom. The van der Waals surface area contributed by atoms with E-state index in [4.69, 9.17) is 4.74 Å². The predicted molar refractivity (Wildman–Crippen MR) is 79.6 cm³/mol. The molecule has 4 heteroatoms. The van der Waals surface area contributed by atoms with Crippen LogP contribution < -0.4 is 5.32 Å². The Bertz CT molecular complexity index is 303. The smallest absolute Gasteiger partial charge is 0.408 e. The van der Waals surface area contributed by atoms with Crippen LogP contribution in [-0.2, 0) is 9.53 Å². The SMILES string of the molecule is CC(C)(C)OC(=O)N[C@H](C=O)CCCC1CCCCC1. The molecule has 116 valence electrons. The van der Waals surface area contributed by atoms with Gasteiger partial charge in [0.1, 0.15) is 11.9 Å². The molecular formula is C16H29NO3. The monoisotopic (exact) mass is 283 g/mol. The largest absolute Gasteiger partial charge is 0.444 e. The highest BCUT2D eigenvalue weighted by Gasteiger charge is 2.19. The van der Waals surface area contributed by atoms with Crippen molar-refractivity contribution in [3.8, 4) is 0 Å². The third kappa shape index (κ3) is 7.51. The number of nitrogens with one attached hydrogen (secondary N) is 1. The lowest BCUT2D eigenvalue weighted by atomic mass is 9.85. The summed E-state index contributed by atoms with van der Waals surface area (Å²) in [6.45, 7) is 5.43. The summed E-state index contributed by atoms with van der Waals surface area (Å²) in [5.41, 5.74) is -0.528. The van der Waals surface area contributed by atoms with Crippen molar-refractivity contribution in [2.45, 2.75) is 83.8 Å². The minimum atomic E-state index is -0.528. The van der Waals surface area contributed by atoms with Crippen LogP contribution in [0.4, 0.5) is 4.79 Å². The van der Waals surface area contributed by atoms with Gasteiger partial charge in [0, 0.05) is 0 Å². The van der Waals surface area contributed by atoms with Crippen molar-refractivity contribution in [1.82, 2.24) is 5.32 Å². The summed E-state index contributed by atoms with van der Waals surface area (Å²) < 4.78 is 5.16. The van der Waals surface area contributed by atoms with Gasteiger partial charge in [-0.05, 0) is 33.1 Å². The van der Waals surface area contributed by atoms with E-state index < -0.39 is 17.7 Å². The number of alkyl carbamates (subject to hydrolysis) is 1. The zero-order chi connectivity index (χ0) is 15.0. The van der Waals surface area contributed by atoms with Crippen molar-refractivity contribution in [3.05, 3.63) is 0 Å². The maximum absolute atomic E-state index is 11.6. The van der Waals surface area contributed by atoms with Crippen LogP contribution >= 0.6 is 0 Å². The van der Waals surface area contributed by atoms with Gasteiger partial charge in [-0.15, -0.1) is 0 Å². The van der Waals surface area contributed by atoms with Crippen molar-refractivity contribution in [2.24, 2.45) is 5.92 Å². The second-order valence-corrected chi connectivity index (χ2v) is 6.82. The Labute approximate surface area is 122 Å².